The van der Waals surface area contributed by atoms with Crippen molar-refractivity contribution in [2.45, 2.75) is 77.6 Å². The van der Waals surface area contributed by atoms with Crippen LogP contribution in [0.3, 0.4) is 0 Å². The van der Waals surface area contributed by atoms with Gasteiger partial charge in [0.2, 0.25) is 0 Å². The Morgan fingerprint density at radius 2 is 1.79 bits per heavy atom. The number of fused-ring (bicyclic) bond motifs is 2. The minimum absolute atomic E-state index is 0.170. The molecule has 2 fully saturated rings. The third-order valence-corrected chi connectivity index (χ3v) is 7.69. The molecule has 0 saturated heterocycles. The Bertz CT molecular complexity index is 882. The highest BCUT2D eigenvalue weighted by Crippen LogP contribution is 2.48. The third kappa shape index (κ3) is 4.27. The van der Waals surface area contributed by atoms with Crippen LogP contribution in [-0.2, 0) is 6.42 Å². The molecule has 2 aromatic rings. The van der Waals surface area contributed by atoms with E-state index in [0.717, 1.165) is 36.2 Å². The number of rotatable bonds is 5. The molecule has 2 unspecified atom stereocenters. The molecule has 29 heavy (non-hydrogen) atoms. The van der Waals surface area contributed by atoms with Gasteiger partial charge in [-0.15, -0.1) is 0 Å². The van der Waals surface area contributed by atoms with Gasteiger partial charge in [-0.05, 0) is 98.1 Å². The topological polar surface area (TPSA) is 0 Å². The first-order chi connectivity index (χ1) is 14.1. The summed E-state index contributed by atoms with van der Waals surface area (Å²) in [6, 6.07) is 7.44. The third-order valence-electron chi connectivity index (χ3n) is 7.69. The Morgan fingerprint density at radius 1 is 1.00 bits per heavy atom. The monoisotopic (exact) mass is 396 g/mol. The fourth-order valence-electron chi connectivity index (χ4n) is 5.93. The Hall–Kier alpha value is -1.70. The second kappa shape index (κ2) is 8.98. The fraction of sp³-hybridized carbons (Fsp3) is 0.556. The molecule has 4 atom stereocenters. The first kappa shape index (κ1) is 20.6. The van der Waals surface area contributed by atoms with Crippen LogP contribution >= 0.6 is 0 Å². The molecule has 0 bridgehead atoms. The molecule has 2 saturated carbocycles. The first-order valence-electron chi connectivity index (χ1n) is 11.6. The second-order valence-electron chi connectivity index (χ2n) is 9.36. The molecule has 0 radical (unpaired) electrons. The van der Waals surface area contributed by atoms with Gasteiger partial charge in [0.05, 0.1) is 5.39 Å². The van der Waals surface area contributed by atoms with Gasteiger partial charge >= 0.3 is 0 Å². The van der Waals surface area contributed by atoms with Gasteiger partial charge in [0.25, 0.3) is 0 Å². The number of aryl methyl sites for hydroxylation is 1. The number of benzene rings is 2. The van der Waals surface area contributed by atoms with E-state index < -0.39 is 0 Å². The van der Waals surface area contributed by atoms with Crippen LogP contribution in [0.25, 0.3) is 10.8 Å². The van der Waals surface area contributed by atoms with Crippen molar-refractivity contribution >= 4 is 10.8 Å². The van der Waals surface area contributed by atoms with E-state index in [1.54, 1.807) is 6.07 Å². The quantitative estimate of drug-likeness (QED) is 0.446. The minimum Gasteiger partial charge on any atom is -0.206 e. The lowest BCUT2D eigenvalue weighted by Crippen LogP contribution is -2.30. The lowest BCUT2D eigenvalue weighted by molar-refractivity contribution is 0.116. The van der Waals surface area contributed by atoms with Crippen molar-refractivity contribution < 1.29 is 8.78 Å². The molecule has 0 amide bonds. The molecule has 2 heteroatoms. The highest BCUT2D eigenvalue weighted by Gasteiger charge is 2.35. The summed E-state index contributed by atoms with van der Waals surface area (Å²) in [6.07, 6.45) is 14.4. The minimum atomic E-state index is -0.389. The molecule has 4 rings (SSSR count). The second-order valence-corrected chi connectivity index (χ2v) is 9.36. The first-order valence-corrected chi connectivity index (χ1v) is 11.6. The predicted molar refractivity (Wildman–Crippen MR) is 118 cm³/mol. The zero-order valence-electron chi connectivity index (χ0n) is 17.9. The van der Waals surface area contributed by atoms with E-state index in [4.69, 9.17) is 0 Å². The van der Waals surface area contributed by atoms with E-state index >= 15 is 4.39 Å². The number of hydrogen-bond acceptors (Lipinski definition) is 0. The van der Waals surface area contributed by atoms with Crippen LogP contribution in [0.15, 0.2) is 36.4 Å². The SMILES string of the molecule is C/C=C/CCc1ccc2cc([C@@H]3CC[C@@H]4CC(CC)CCC4C3)cc(F)c2c1F. The van der Waals surface area contributed by atoms with Crippen molar-refractivity contribution in [3.05, 3.63) is 59.2 Å². The van der Waals surface area contributed by atoms with Crippen molar-refractivity contribution in [3.8, 4) is 0 Å². The zero-order valence-corrected chi connectivity index (χ0v) is 17.9. The van der Waals surface area contributed by atoms with Gasteiger partial charge in [-0.3, -0.25) is 0 Å². The van der Waals surface area contributed by atoms with Crippen LogP contribution in [0.5, 0.6) is 0 Å². The van der Waals surface area contributed by atoms with Crippen LogP contribution in [-0.4, -0.2) is 0 Å². The van der Waals surface area contributed by atoms with Crippen molar-refractivity contribution in [3.63, 3.8) is 0 Å². The van der Waals surface area contributed by atoms with E-state index in [2.05, 4.69) is 13.0 Å². The molecule has 0 aliphatic heterocycles. The van der Waals surface area contributed by atoms with Crippen LogP contribution in [0.1, 0.15) is 82.3 Å². The van der Waals surface area contributed by atoms with Crippen LogP contribution < -0.4 is 0 Å². The number of hydrogen-bond donors (Lipinski definition) is 0. The van der Waals surface area contributed by atoms with E-state index in [0.29, 0.717) is 23.3 Å². The van der Waals surface area contributed by atoms with E-state index in [1.807, 2.05) is 31.2 Å². The van der Waals surface area contributed by atoms with E-state index in [1.165, 1.54) is 38.5 Å². The van der Waals surface area contributed by atoms with Crippen molar-refractivity contribution in [2.75, 3.05) is 0 Å². The summed E-state index contributed by atoms with van der Waals surface area (Å²) in [7, 11) is 0. The Morgan fingerprint density at radius 3 is 2.59 bits per heavy atom. The Balaban J connectivity index is 1.55. The van der Waals surface area contributed by atoms with Gasteiger partial charge in [-0.2, -0.15) is 0 Å². The van der Waals surface area contributed by atoms with Crippen molar-refractivity contribution in [2.24, 2.45) is 17.8 Å². The molecule has 2 aromatic carbocycles. The summed E-state index contributed by atoms with van der Waals surface area (Å²) in [5.41, 5.74) is 1.68. The van der Waals surface area contributed by atoms with E-state index in [9.17, 15) is 4.39 Å². The molecule has 0 spiro atoms. The summed E-state index contributed by atoms with van der Waals surface area (Å²) in [5, 5.41) is 0.882. The molecule has 2 aliphatic rings. The normalized spacial score (nSPS) is 27.4. The number of allylic oxidation sites excluding steroid dienone is 2. The number of halogens is 2. The van der Waals surface area contributed by atoms with Crippen molar-refractivity contribution in [1.82, 2.24) is 0 Å². The molecular weight excluding hydrogens is 362 g/mol. The average Bonchev–Trinajstić information content (AvgIpc) is 2.74. The molecular formula is C27H34F2. The predicted octanol–water partition coefficient (Wildman–Crippen LogP) is 8.34. The summed E-state index contributed by atoms with van der Waals surface area (Å²) in [4.78, 5) is 0. The van der Waals surface area contributed by atoms with Gasteiger partial charge < -0.3 is 0 Å². The van der Waals surface area contributed by atoms with Gasteiger partial charge in [-0.25, -0.2) is 8.78 Å². The standard InChI is InChI=1S/C27H34F2/c1-3-5-6-7-19-10-13-23-16-24(17-25(28)26(23)27(19)29)22-12-11-20-14-18(4-2)8-9-21(20)15-22/h3,5,10,13,16-18,20-22H,4,6-9,11-12,14-15H2,1-2H3/b5-3+/t18?,20-,21?,22-/m1/s1. The molecule has 2 aliphatic carbocycles. The summed E-state index contributed by atoms with van der Waals surface area (Å²) in [6.45, 7) is 4.28. The summed E-state index contributed by atoms with van der Waals surface area (Å²) in [5.74, 6) is 2.23. The van der Waals surface area contributed by atoms with Gasteiger partial charge in [0.1, 0.15) is 11.6 Å². The lowest BCUT2D eigenvalue weighted by Gasteiger charge is -2.42. The largest absolute Gasteiger partial charge is 0.206 e. The molecule has 0 heterocycles. The van der Waals surface area contributed by atoms with Crippen LogP contribution in [0.2, 0.25) is 0 Å². The fourth-order valence-corrected chi connectivity index (χ4v) is 5.93. The summed E-state index contributed by atoms with van der Waals surface area (Å²) >= 11 is 0. The molecule has 156 valence electrons. The highest BCUT2D eigenvalue weighted by atomic mass is 19.1. The zero-order chi connectivity index (χ0) is 20.4. The Labute approximate surface area is 174 Å². The van der Waals surface area contributed by atoms with Crippen molar-refractivity contribution in [1.29, 1.82) is 0 Å². The lowest BCUT2D eigenvalue weighted by atomic mass is 9.63. The van der Waals surface area contributed by atoms with Crippen LogP contribution in [0, 0.1) is 29.4 Å². The maximum atomic E-state index is 15.0. The van der Waals surface area contributed by atoms with Gasteiger partial charge in [0, 0.05) is 0 Å². The Kier molecular flexibility index (Phi) is 6.37. The van der Waals surface area contributed by atoms with Gasteiger partial charge in [-0.1, -0.05) is 50.1 Å². The summed E-state index contributed by atoms with van der Waals surface area (Å²) < 4.78 is 30.0. The smallest absolute Gasteiger partial charge is 0.137 e. The van der Waals surface area contributed by atoms with Gasteiger partial charge in [0.15, 0.2) is 0 Å². The maximum Gasteiger partial charge on any atom is 0.137 e. The van der Waals surface area contributed by atoms with E-state index in [-0.39, 0.29) is 17.0 Å². The highest BCUT2D eigenvalue weighted by molar-refractivity contribution is 5.85. The maximum absolute atomic E-state index is 15.0. The average molecular weight is 397 g/mol. The molecule has 0 aromatic heterocycles. The molecule has 0 N–H and O–H groups in total. The molecule has 0 nitrogen and oxygen atoms in total. The van der Waals surface area contributed by atoms with Crippen LogP contribution in [0.4, 0.5) is 8.78 Å².